The molecule has 2 heterocycles. The van der Waals surface area contributed by atoms with Gasteiger partial charge in [-0.1, -0.05) is 12.1 Å². The molecule has 6 nitrogen and oxygen atoms in total. The van der Waals surface area contributed by atoms with Crippen molar-refractivity contribution in [3.8, 4) is 5.75 Å². The van der Waals surface area contributed by atoms with E-state index in [1.54, 1.807) is 12.3 Å². The molecule has 1 N–H and O–H groups in total. The van der Waals surface area contributed by atoms with Gasteiger partial charge in [0.1, 0.15) is 5.75 Å². The molecule has 21 heavy (non-hydrogen) atoms. The van der Waals surface area contributed by atoms with Crippen molar-refractivity contribution in [2.45, 2.75) is 20.0 Å². The summed E-state index contributed by atoms with van der Waals surface area (Å²) in [6, 6.07) is 7.34. The van der Waals surface area contributed by atoms with Gasteiger partial charge in [-0.05, 0) is 26.0 Å². The Hall–Kier alpha value is -2.63. The minimum absolute atomic E-state index is 0.200. The molecule has 0 aliphatic carbocycles. The first-order valence-corrected chi connectivity index (χ1v) is 6.62. The Morgan fingerprint density at radius 1 is 1.38 bits per heavy atom. The molecule has 1 aromatic carbocycles. The van der Waals surface area contributed by atoms with E-state index in [2.05, 4.69) is 9.97 Å². The van der Waals surface area contributed by atoms with Gasteiger partial charge in [-0.25, -0.2) is 9.78 Å². The first-order chi connectivity index (χ1) is 10.1. The third-order valence-electron chi connectivity index (χ3n) is 3.36. The number of carboxylic acid groups (broad SMARTS) is 1. The van der Waals surface area contributed by atoms with Gasteiger partial charge in [0.2, 0.25) is 6.10 Å². The molecule has 0 saturated heterocycles. The largest absolute Gasteiger partial charge is 0.478 e. The molecule has 1 unspecified atom stereocenters. The van der Waals surface area contributed by atoms with Crippen LogP contribution in [0.3, 0.4) is 0 Å². The number of rotatable bonds is 2. The average Bonchev–Trinajstić information content (AvgIpc) is 2.48. The third-order valence-corrected chi connectivity index (χ3v) is 3.36. The van der Waals surface area contributed by atoms with Crippen LogP contribution in [-0.4, -0.2) is 33.7 Å². The quantitative estimate of drug-likeness (QED) is 0.910. The summed E-state index contributed by atoms with van der Waals surface area (Å²) in [6.45, 7) is 3.91. The minimum atomic E-state index is -0.993. The number of hydrogen-bond acceptors (Lipinski definition) is 5. The first kappa shape index (κ1) is 13.4. The Morgan fingerprint density at radius 3 is 2.90 bits per heavy atom. The Morgan fingerprint density at radius 2 is 2.14 bits per heavy atom. The summed E-state index contributed by atoms with van der Waals surface area (Å²) in [4.78, 5) is 22.0. The van der Waals surface area contributed by atoms with Crippen molar-refractivity contribution in [2.75, 3.05) is 11.4 Å². The standard InChI is InChI=1S/C15H15N3O3/c1-9-7-16-10(2)14(17-9)18-8-13(15(19)20)21-12-6-4-3-5-11(12)18/h3-7,13H,8H2,1-2H3,(H,19,20). The molecule has 2 aromatic rings. The normalized spacial score (nSPS) is 17.0. The number of aryl methyl sites for hydroxylation is 2. The molecule has 3 rings (SSSR count). The molecule has 0 fully saturated rings. The monoisotopic (exact) mass is 285 g/mol. The van der Waals surface area contributed by atoms with Gasteiger partial charge in [-0.3, -0.25) is 4.98 Å². The summed E-state index contributed by atoms with van der Waals surface area (Å²) in [7, 11) is 0. The lowest BCUT2D eigenvalue weighted by Crippen LogP contribution is -2.42. The van der Waals surface area contributed by atoms with Crippen molar-refractivity contribution in [3.05, 3.63) is 41.9 Å². The number of nitrogens with zero attached hydrogens (tertiary/aromatic N) is 3. The number of carbonyl (C=O) groups is 1. The van der Waals surface area contributed by atoms with Crippen LogP contribution in [0.15, 0.2) is 30.5 Å². The van der Waals surface area contributed by atoms with E-state index in [0.29, 0.717) is 11.6 Å². The highest BCUT2D eigenvalue weighted by Gasteiger charge is 2.32. The lowest BCUT2D eigenvalue weighted by Gasteiger charge is -2.34. The van der Waals surface area contributed by atoms with Crippen molar-refractivity contribution in [1.29, 1.82) is 0 Å². The predicted octanol–water partition coefficient (Wildman–Crippen LogP) is 2.08. The van der Waals surface area contributed by atoms with Crippen LogP contribution < -0.4 is 9.64 Å². The second kappa shape index (κ2) is 5.05. The van der Waals surface area contributed by atoms with E-state index >= 15 is 0 Å². The molecule has 108 valence electrons. The van der Waals surface area contributed by atoms with Gasteiger partial charge in [-0.2, -0.15) is 0 Å². The zero-order valence-electron chi connectivity index (χ0n) is 11.8. The van der Waals surface area contributed by atoms with Crippen LogP contribution in [0.2, 0.25) is 0 Å². The van der Waals surface area contributed by atoms with Crippen molar-refractivity contribution < 1.29 is 14.6 Å². The molecular weight excluding hydrogens is 270 g/mol. The minimum Gasteiger partial charge on any atom is -0.478 e. The van der Waals surface area contributed by atoms with Gasteiger partial charge in [0.05, 0.1) is 23.6 Å². The Kier molecular flexibility index (Phi) is 3.21. The molecule has 0 radical (unpaired) electrons. The van der Waals surface area contributed by atoms with Crippen LogP contribution in [0.25, 0.3) is 0 Å². The Bertz CT molecular complexity index is 702. The topological polar surface area (TPSA) is 75.6 Å². The van der Waals surface area contributed by atoms with Gasteiger partial charge >= 0.3 is 5.97 Å². The van der Waals surface area contributed by atoms with Crippen molar-refractivity contribution in [3.63, 3.8) is 0 Å². The van der Waals surface area contributed by atoms with E-state index in [-0.39, 0.29) is 6.54 Å². The zero-order chi connectivity index (χ0) is 15.0. The fourth-order valence-electron chi connectivity index (χ4n) is 2.34. The lowest BCUT2D eigenvalue weighted by molar-refractivity contribution is -0.144. The first-order valence-electron chi connectivity index (χ1n) is 6.62. The Balaban J connectivity index is 2.12. The van der Waals surface area contributed by atoms with Crippen molar-refractivity contribution >= 4 is 17.5 Å². The van der Waals surface area contributed by atoms with Crippen LogP contribution in [-0.2, 0) is 4.79 Å². The maximum Gasteiger partial charge on any atom is 0.346 e. The Labute approximate surface area is 122 Å². The van der Waals surface area contributed by atoms with E-state index in [1.165, 1.54) is 0 Å². The number of fused-ring (bicyclic) bond motifs is 1. The third kappa shape index (κ3) is 2.40. The number of anilines is 2. The average molecular weight is 285 g/mol. The second-order valence-corrected chi connectivity index (χ2v) is 4.94. The van der Waals surface area contributed by atoms with Crippen LogP contribution in [0.5, 0.6) is 5.75 Å². The summed E-state index contributed by atoms with van der Waals surface area (Å²) < 4.78 is 5.53. The van der Waals surface area contributed by atoms with Crippen LogP contribution in [0.4, 0.5) is 11.5 Å². The van der Waals surface area contributed by atoms with E-state index in [0.717, 1.165) is 17.1 Å². The molecule has 1 atom stereocenters. The SMILES string of the molecule is Cc1cnc(C)c(N2CC(C(=O)O)Oc3ccccc32)n1. The molecular formula is C15H15N3O3. The van der Waals surface area contributed by atoms with E-state index in [1.807, 2.05) is 36.9 Å². The summed E-state index contributed by atoms with van der Waals surface area (Å²) in [5.74, 6) is 0.212. The maximum atomic E-state index is 11.3. The van der Waals surface area contributed by atoms with Gasteiger partial charge in [0.25, 0.3) is 0 Å². The van der Waals surface area contributed by atoms with E-state index in [4.69, 9.17) is 4.74 Å². The highest BCUT2D eigenvalue weighted by molar-refractivity contribution is 5.79. The molecule has 1 aliphatic heterocycles. The van der Waals surface area contributed by atoms with E-state index < -0.39 is 12.1 Å². The number of ether oxygens (including phenoxy) is 1. The van der Waals surface area contributed by atoms with Gasteiger partial charge in [0.15, 0.2) is 5.82 Å². The summed E-state index contributed by atoms with van der Waals surface area (Å²) in [5.41, 5.74) is 2.34. The molecule has 0 saturated carbocycles. The van der Waals surface area contributed by atoms with Gasteiger partial charge in [0, 0.05) is 6.20 Å². The number of benzene rings is 1. The highest BCUT2D eigenvalue weighted by atomic mass is 16.5. The fraction of sp³-hybridized carbons (Fsp3) is 0.267. The molecule has 0 amide bonds. The molecule has 0 bridgehead atoms. The van der Waals surface area contributed by atoms with Gasteiger partial charge in [-0.15, -0.1) is 0 Å². The summed E-state index contributed by atoms with van der Waals surface area (Å²) in [5, 5.41) is 9.26. The fourth-order valence-corrected chi connectivity index (χ4v) is 2.34. The lowest BCUT2D eigenvalue weighted by atomic mass is 10.1. The number of carboxylic acids is 1. The smallest absolute Gasteiger partial charge is 0.346 e. The second-order valence-electron chi connectivity index (χ2n) is 4.94. The summed E-state index contributed by atoms with van der Waals surface area (Å²) >= 11 is 0. The predicted molar refractivity (Wildman–Crippen MR) is 77.0 cm³/mol. The number of para-hydroxylation sites is 2. The number of aromatic nitrogens is 2. The van der Waals surface area contributed by atoms with Gasteiger partial charge < -0.3 is 14.7 Å². The number of aliphatic carboxylic acids is 1. The summed E-state index contributed by atoms with van der Waals surface area (Å²) in [6.07, 6.45) is 0.765. The zero-order valence-corrected chi connectivity index (χ0v) is 11.8. The van der Waals surface area contributed by atoms with E-state index in [9.17, 15) is 9.90 Å². The maximum absolute atomic E-state index is 11.3. The molecule has 1 aromatic heterocycles. The molecule has 1 aliphatic rings. The van der Waals surface area contributed by atoms with Crippen LogP contribution >= 0.6 is 0 Å². The number of hydrogen-bond donors (Lipinski definition) is 1. The van der Waals surface area contributed by atoms with Crippen LogP contribution in [0.1, 0.15) is 11.4 Å². The highest BCUT2D eigenvalue weighted by Crippen LogP contribution is 2.37. The molecule has 6 heteroatoms. The van der Waals surface area contributed by atoms with Crippen molar-refractivity contribution in [1.82, 2.24) is 9.97 Å². The van der Waals surface area contributed by atoms with Crippen molar-refractivity contribution in [2.24, 2.45) is 0 Å². The van der Waals surface area contributed by atoms with Crippen LogP contribution in [0, 0.1) is 13.8 Å². The molecule has 0 spiro atoms.